The minimum atomic E-state index is -2.72. The molecule has 1 aromatic heterocycles. The van der Waals surface area contributed by atoms with Gasteiger partial charge in [0.15, 0.2) is 0 Å². The highest BCUT2D eigenvalue weighted by atomic mass is 19.3. The number of hydrogen-bond donors (Lipinski definition) is 6. The lowest BCUT2D eigenvalue weighted by atomic mass is 9.96. The fourth-order valence-corrected chi connectivity index (χ4v) is 9.38. The lowest BCUT2D eigenvalue weighted by molar-refractivity contribution is -0.0525. The summed E-state index contributed by atoms with van der Waals surface area (Å²) in [4.78, 5) is 83.7. The van der Waals surface area contributed by atoms with Gasteiger partial charge in [0.1, 0.15) is 17.0 Å². The maximum Gasteiger partial charge on any atom is 0.318 e. The number of piperidine rings is 3. The molecule has 0 aromatic carbocycles. The molecule has 0 saturated carbocycles. The summed E-state index contributed by atoms with van der Waals surface area (Å²) in [7, 11) is 0. The molecule has 2 atom stereocenters. The Labute approximate surface area is 527 Å². The van der Waals surface area contributed by atoms with Crippen molar-refractivity contribution in [2.75, 3.05) is 65.4 Å². The van der Waals surface area contributed by atoms with Gasteiger partial charge < -0.3 is 61.3 Å². The van der Waals surface area contributed by atoms with Gasteiger partial charge in [0.05, 0.1) is 31.9 Å². The zero-order chi connectivity index (χ0) is 66.1. The first-order chi connectivity index (χ1) is 38.9. The quantitative estimate of drug-likeness (QED) is 0.150. The molecule has 24 heteroatoms. The van der Waals surface area contributed by atoms with Crippen LogP contribution < -0.4 is 31.9 Å². The van der Waals surface area contributed by atoms with Crippen molar-refractivity contribution in [1.82, 2.24) is 66.3 Å². The van der Waals surface area contributed by atoms with E-state index in [1.165, 1.54) is 16.7 Å². The summed E-state index contributed by atoms with van der Waals surface area (Å²) in [6.07, 6.45) is 6.92. The minimum absolute atomic E-state index is 0. The molecule has 0 spiro atoms. The number of halogens is 5. The van der Waals surface area contributed by atoms with Crippen LogP contribution >= 0.6 is 0 Å². The van der Waals surface area contributed by atoms with Crippen molar-refractivity contribution < 1.29 is 50.7 Å². The monoisotopic (exact) mass is 1260 g/mol. The second-order valence-corrected chi connectivity index (χ2v) is 30.0. The number of likely N-dealkylation sites (tertiary alicyclic amines) is 5. The molecule has 5 fully saturated rings. The zero-order valence-electron chi connectivity index (χ0n) is 56.1. The first-order valence-corrected chi connectivity index (χ1v) is 30.7. The van der Waals surface area contributed by atoms with Crippen LogP contribution in [0.3, 0.4) is 0 Å². The van der Waals surface area contributed by atoms with Gasteiger partial charge in [-0.15, -0.1) is 0 Å². The van der Waals surface area contributed by atoms with Crippen LogP contribution in [0.2, 0.25) is 0 Å². The molecule has 512 valence electrons. The number of fused-ring (bicyclic) bond motifs is 1. The zero-order valence-corrected chi connectivity index (χ0v) is 56.1. The Morgan fingerprint density at radius 1 is 0.432 bits per heavy atom. The van der Waals surface area contributed by atoms with E-state index < -0.39 is 29.5 Å². The maximum absolute atomic E-state index is 13.7. The Kier molecular flexibility index (Phi) is 31.9. The SMILES string of the molecule is C.C.CC(C)(C)NC(=O)N1CCCC1.CC(C)(C)NC(=O)N1Cc2cccnc2C1.CC(C)NC(=O)N1CCCC(F)(F)C1.CC1(F)CCCN(C(=O)NC(C)(C)C)C1.CC1(F)CCN(C(=O)NC(C)(C)C)C1.CC1(F)CCN(C(=O)NC(C)(C)C)CC1. The van der Waals surface area contributed by atoms with Gasteiger partial charge >= 0.3 is 36.2 Å². The van der Waals surface area contributed by atoms with E-state index in [0.717, 1.165) is 43.6 Å². The number of alkyl halides is 5. The van der Waals surface area contributed by atoms with Gasteiger partial charge in [-0.3, -0.25) is 4.98 Å². The number of carbonyl (C=O) groups excluding carboxylic acids is 6. The molecule has 5 saturated heterocycles. The van der Waals surface area contributed by atoms with Crippen LogP contribution in [0.25, 0.3) is 0 Å². The molecule has 0 bridgehead atoms. The molecule has 6 aliphatic heterocycles. The summed E-state index contributed by atoms with van der Waals surface area (Å²) in [5, 5.41) is 17.1. The van der Waals surface area contributed by atoms with Gasteiger partial charge in [-0.05, 0) is 195 Å². The smallest absolute Gasteiger partial charge is 0.318 e. The standard InChI is InChI=1S/C12H17N3O.2C11H21FN2O.C10H19FN2O.C9H16F2N2O.C9H18N2O.2CH4/c1-12(2,3)14-11(16)15-7-9-5-4-6-13-10(9)8-15;1-10(2,3)13-9(15)14-7-5-11(4,12)6-8-14;1-10(2,3)13-9(15)14-7-5-6-11(4,12)8-14;1-9(2,3)12-8(14)13-6-5-10(4,11)7-13;1-7(2)12-8(14)13-5-3-4-9(10,11)6-13;1-9(2,3)10-8(12)11-6-4-5-7-11;;/h4-6H,7-8H2,1-3H3,(H,14,16);2*5-8H2,1-4H3,(H,13,15);5-7H2,1-4H3,(H,12,14);7H,3-6H2,1-2H3,(H,12,14);4-7H2,1-3H3,(H,10,12);2*1H4. The molecule has 6 N–H and O–H groups in total. The Morgan fingerprint density at radius 3 is 1.14 bits per heavy atom. The topological polar surface area (TPSA) is 207 Å². The number of rotatable bonds is 1. The number of aromatic nitrogens is 1. The summed E-state index contributed by atoms with van der Waals surface area (Å²) in [6, 6.07) is 3.17. The van der Waals surface area contributed by atoms with E-state index in [2.05, 4.69) is 36.9 Å². The largest absolute Gasteiger partial charge is 0.336 e. The Bertz CT molecular complexity index is 2300. The molecule has 2 unspecified atom stereocenters. The molecule has 0 radical (unpaired) electrons. The van der Waals surface area contributed by atoms with Crippen LogP contribution in [-0.2, 0) is 13.1 Å². The number of nitrogens with one attached hydrogen (secondary N) is 6. The lowest BCUT2D eigenvalue weighted by Crippen LogP contribution is -2.54. The summed E-state index contributed by atoms with van der Waals surface area (Å²) < 4.78 is 66.5. The van der Waals surface area contributed by atoms with Crippen LogP contribution in [0.1, 0.15) is 222 Å². The molecule has 0 aliphatic carbocycles. The van der Waals surface area contributed by atoms with Gasteiger partial charge in [0.2, 0.25) is 0 Å². The first-order valence-electron chi connectivity index (χ1n) is 30.7. The predicted molar refractivity (Wildman–Crippen MR) is 345 cm³/mol. The van der Waals surface area contributed by atoms with Crippen LogP contribution in [-0.4, -0.2) is 193 Å². The van der Waals surface area contributed by atoms with E-state index in [9.17, 15) is 50.7 Å². The van der Waals surface area contributed by atoms with Gasteiger partial charge in [0, 0.05) is 105 Å². The Balaban J connectivity index is 0.00000103. The number of amides is 12. The maximum atomic E-state index is 13.7. The highest BCUT2D eigenvalue weighted by molar-refractivity contribution is 5.77. The average molecular weight is 1260 g/mol. The molecule has 7 heterocycles. The highest BCUT2D eigenvalue weighted by Gasteiger charge is 2.39. The molecule has 6 aliphatic rings. The van der Waals surface area contributed by atoms with Crippen LogP contribution in [0.5, 0.6) is 0 Å². The summed E-state index contributed by atoms with van der Waals surface area (Å²) in [5.41, 5.74) is -2.44. The Hall–Kier alpha value is -5.58. The van der Waals surface area contributed by atoms with Crippen molar-refractivity contribution in [2.24, 2.45) is 0 Å². The van der Waals surface area contributed by atoms with Crippen LogP contribution in [0.4, 0.5) is 50.7 Å². The molecule has 7 rings (SSSR count). The van der Waals surface area contributed by atoms with Crippen molar-refractivity contribution in [3.05, 3.63) is 29.6 Å². The molecule has 12 amide bonds. The fourth-order valence-electron chi connectivity index (χ4n) is 9.38. The van der Waals surface area contributed by atoms with E-state index >= 15 is 0 Å². The van der Waals surface area contributed by atoms with Gasteiger partial charge in [-0.2, -0.15) is 0 Å². The summed E-state index contributed by atoms with van der Waals surface area (Å²) in [5.74, 6) is -2.72. The molecular formula is C64H120F5N13O6. The third kappa shape index (κ3) is 35.0. The van der Waals surface area contributed by atoms with Crippen LogP contribution in [0, 0.1) is 0 Å². The van der Waals surface area contributed by atoms with Crippen molar-refractivity contribution in [1.29, 1.82) is 0 Å². The number of pyridine rings is 1. The fraction of sp³-hybridized carbons (Fsp3) is 0.828. The second-order valence-electron chi connectivity index (χ2n) is 30.0. The van der Waals surface area contributed by atoms with Crippen LogP contribution in [0.15, 0.2) is 18.3 Å². The summed E-state index contributed by atoms with van der Waals surface area (Å²) in [6.45, 7) is 43.2. The third-order valence-corrected chi connectivity index (χ3v) is 13.6. The number of urea groups is 6. The lowest BCUT2D eigenvalue weighted by Gasteiger charge is -2.36. The van der Waals surface area contributed by atoms with Crippen molar-refractivity contribution >= 4 is 36.2 Å². The Morgan fingerprint density at radius 2 is 0.761 bits per heavy atom. The van der Waals surface area contributed by atoms with E-state index in [1.807, 2.05) is 121 Å². The molecule has 19 nitrogen and oxygen atoms in total. The van der Waals surface area contributed by atoms with E-state index in [0.29, 0.717) is 77.9 Å². The van der Waals surface area contributed by atoms with E-state index in [-0.39, 0.29) is 104 Å². The third-order valence-electron chi connectivity index (χ3n) is 13.6. The van der Waals surface area contributed by atoms with E-state index in [4.69, 9.17) is 0 Å². The normalized spacial score (nSPS) is 21.3. The van der Waals surface area contributed by atoms with Gasteiger partial charge in [-0.1, -0.05) is 20.9 Å². The van der Waals surface area contributed by atoms with Crippen molar-refractivity contribution in [3.63, 3.8) is 0 Å². The average Bonchev–Trinajstić information content (AvgIpc) is 4.12. The first kappa shape index (κ1) is 82.4. The molecule has 1 aromatic rings. The van der Waals surface area contributed by atoms with Crippen molar-refractivity contribution in [2.45, 2.75) is 281 Å². The minimum Gasteiger partial charge on any atom is -0.336 e. The number of hydrogen-bond acceptors (Lipinski definition) is 7. The van der Waals surface area contributed by atoms with Gasteiger partial charge in [-0.25, -0.2) is 50.7 Å². The second kappa shape index (κ2) is 34.0. The summed E-state index contributed by atoms with van der Waals surface area (Å²) >= 11 is 0. The van der Waals surface area contributed by atoms with Gasteiger partial charge in [0.25, 0.3) is 5.92 Å². The highest BCUT2D eigenvalue weighted by Crippen LogP contribution is 2.29. The number of nitrogens with zero attached hydrogens (tertiary/aromatic N) is 7. The number of carbonyl (C=O) groups is 6. The predicted octanol–water partition coefficient (Wildman–Crippen LogP) is 13.2. The molecular weight excluding hydrogens is 1140 g/mol. The van der Waals surface area contributed by atoms with Crippen molar-refractivity contribution in [3.8, 4) is 0 Å². The molecule has 88 heavy (non-hydrogen) atoms. The van der Waals surface area contributed by atoms with E-state index in [1.54, 1.807) is 48.6 Å².